The van der Waals surface area contributed by atoms with E-state index < -0.39 is 12.5 Å². The average Bonchev–Trinajstić information content (AvgIpc) is 2.31. The van der Waals surface area contributed by atoms with Gasteiger partial charge in [0.2, 0.25) is 5.82 Å². The van der Waals surface area contributed by atoms with Crippen LogP contribution >= 0.6 is 12.2 Å². The van der Waals surface area contributed by atoms with E-state index in [1.165, 1.54) is 7.05 Å². The lowest BCUT2D eigenvalue weighted by atomic mass is 10.3. The molecule has 1 aromatic rings. The number of hydrogen-bond donors (Lipinski definition) is 1. The summed E-state index contributed by atoms with van der Waals surface area (Å²) in [6, 6.07) is 0.971. The lowest BCUT2D eigenvalue weighted by molar-refractivity contribution is 0.150. The Bertz CT molecular complexity index is 475. The number of carbonyl (C=O) groups excluding carboxylic acids is 1. The normalized spacial score (nSPS) is 9.65. The number of aromatic nitrogens is 1. The van der Waals surface area contributed by atoms with Crippen LogP contribution in [0.25, 0.3) is 0 Å². The van der Waals surface area contributed by atoms with E-state index in [0.717, 1.165) is 12.3 Å². The maximum Gasteiger partial charge on any atom is 0.412 e. The zero-order valence-electron chi connectivity index (χ0n) is 8.61. The maximum absolute atomic E-state index is 12.4. The first-order valence-electron chi connectivity index (χ1n) is 4.34. The summed E-state index contributed by atoms with van der Waals surface area (Å²) in [5.41, 5.74) is -0.382. The SMILES string of the molecule is CNC(=O)Oc1cc(C(F)F)cnc1N=C=S. The lowest BCUT2D eigenvalue weighted by Crippen LogP contribution is -2.22. The van der Waals surface area contributed by atoms with Gasteiger partial charge in [-0.2, -0.15) is 4.99 Å². The van der Waals surface area contributed by atoms with Gasteiger partial charge in [0.05, 0.1) is 5.16 Å². The molecule has 1 N–H and O–H groups in total. The second-order valence-corrected chi connectivity index (χ2v) is 2.92. The summed E-state index contributed by atoms with van der Waals surface area (Å²) < 4.78 is 29.6. The van der Waals surface area contributed by atoms with Crippen LogP contribution in [0, 0.1) is 0 Å². The molecule has 0 aromatic carbocycles. The molecule has 0 aliphatic carbocycles. The van der Waals surface area contributed by atoms with Crippen molar-refractivity contribution in [3.05, 3.63) is 17.8 Å². The fraction of sp³-hybridized carbons (Fsp3) is 0.222. The minimum Gasteiger partial charge on any atom is -0.406 e. The molecule has 1 aromatic heterocycles. The summed E-state index contributed by atoms with van der Waals surface area (Å²) >= 11 is 4.36. The third-order valence-electron chi connectivity index (χ3n) is 1.66. The van der Waals surface area contributed by atoms with Crippen LogP contribution < -0.4 is 10.1 Å². The van der Waals surface area contributed by atoms with Gasteiger partial charge in [0.15, 0.2) is 5.75 Å². The molecular weight excluding hydrogens is 252 g/mol. The van der Waals surface area contributed by atoms with E-state index in [0.29, 0.717) is 0 Å². The third-order valence-corrected chi connectivity index (χ3v) is 1.76. The molecule has 8 heteroatoms. The Morgan fingerprint density at radius 2 is 2.41 bits per heavy atom. The summed E-state index contributed by atoms with van der Waals surface area (Å²) in [7, 11) is 1.33. The lowest BCUT2D eigenvalue weighted by Gasteiger charge is -2.07. The van der Waals surface area contributed by atoms with Crippen LogP contribution in [-0.2, 0) is 0 Å². The molecule has 90 valence electrons. The standard InChI is InChI=1S/C9H7F2N3O2S/c1-12-9(15)16-6-2-5(7(10)11)3-13-8(6)14-4-17/h2-3,7H,1H3,(H,12,15). The van der Waals surface area contributed by atoms with E-state index in [1.54, 1.807) is 0 Å². The highest BCUT2D eigenvalue weighted by Crippen LogP contribution is 2.29. The molecule has 17 heavy (non-hydrogen) atoms. The van der Waals surface area contributed by atoms with Gasteiger partial charge in [-0.25, -0.2) is 18.6 Å². The van der Waals surface area contributed by atoms with Crippen LogP contribution in [0.5, 0.6) is 5.75 Å². The van der Waals surface area contributed by atoms with Gasteiger partial charge in [-0.15, -0.1) is 0 Å². The number of thiocarbonyl (C=S) groups is 1. The van der Waals surface area contributed by atoms with Gasteiger partial charge in [-0.1, -0.05) is 0 Å². The number of isothiocyanates is 1. The number of carbonyl (C=O) groups is 1. The minimum absolute atomic E-state index is 0.0898. The van der Waals surface area contributed by atoms with Gasteiger partial charge >= 0.3 is 6.09 Å². The molecule has 0 atom stereocenters. The number of hydrogen-bond acceptors (Lipinski definition) is 5. The number of pyridine rings is 1. The van der Waals surface area contributed by atoms with Crippen LogP contribution in [0.3, 0.4) is 0 Å². The van der Waals surface area contributed by atoms with Crippen LogP contribution in [0.4, 0.5) is 19.4 Å². The molecule has 0 aliphatic heterocycles. The Labute approximate surface area is 101 Å². The van der Waals surface area contributed by atoms with Crippen molar-refractivity contribution in [2.24, 2.45) is 4.99 Å². The van der Waals surface area contributed by atoms with Gasteiger partial charge < -0.3 is 10.1 Å². The molecule has 5 nitrogen and oxygen atoms in total. The van der Waals surface area contributed by atoms with Crippen LogP contribution in [-0.4, -0.2) is 23.3 Å². The largest absolute Gasteiger partial charge is 0.412 e. The van der Waals surface area contributed by atoms with Crippen LogP contribution in [0.2, 0.25) is 0 Å². The predicted molar refractivity (Wildman–Crippen MR) is 59.0 cm³/mol. The van der Waals surface area contributed by atoms with Gasteiger partial charge in [0.1, 0.15) is 0 Å². The molecule has 0 radical (unpaired) electrons. The molecule has 0 bridgehead atoms. The molecule has 0 aliphatic rings. The number of aliphatic imine (C=N–C) groups is 1. The highest BCUT2D eigenvalue weighted by Gasteiger charge is 2.14. The van der Waals surface area contributed by atoms with Gasteiger partial charge in [0, 0.05) is 18.8 Å². The van der Waals surface area contributed by atoms with E-state index in [4.69, 9.17) is 4.74 Å². The molecule has 0 saturated carbocycles. The number of alkyl halides is 2. The first-order valence-corrected chi connectivity index (χ1v) is 4.74. The van der Waals surface area contributed by atoms with Gasteiger partial charge in [-0.05, 0) is 18.3 Å². The number of nitrogens with zero attached hydrogens (tertiary/aromatic N) is 2. The van der Waals surface area contributed by atoms with Crippen molar-refractivity contribution in [1.82, 2.24) is 10.3 Å². The molecule has 0 fully saturated rings. The highest BCUT2D eigenvalue weighted by atomic mass is 32.1. The fourth-order valence-electron chi connectivity index (χ4n) is 0.925. The Kier molecular flexibility index (Phi) is 4.62. The number of amides is 1. The minimum atomic E-state index is -2.72. The van der Waals surface area contributed by atoms with Crippen LogP contribution in [0.1, 0.15) is 12.0 Å². The molecule has 1 rings (SSSR count). The van der Waals surface area contributed by atoms with E-state index in [1.807, 2.05) is 5.16 Å². The second-order valence-electron chi connectivity index (χ2n) is 2.73. The molecule has 1 heterocycles. The maximum atomic E-state index is 12.4. The predicted octanol–water partition coefficient (Wildman–Crippen LogP) is 2.47. The van der Waals surface area contributed by atoms with Crippen molar-refractivity contribution < 1.29 is 18.3 Å². The van der Waals surface area contributed by atoms with E-state index in [9.17, 15) is 13.6 Å². The molecule has 0 saturated heterocycles. The number of rotatable bonds is 3. The Morgan fingerprint density at radius 1 is 1.71 bits per heavy atom. The van der Waals surface area contributed by atoms with Gasteiger partial charge in [-0.3, -0.25) is 0 Å². The van der Waals surface area contributed by atoms with E-state index >= 15 is 0 Å². The van der Waals surface area contributed by atoms with Gasteiger partial charge in [0.25, 0.3) is 6.43 Å². The van der Waals surface area contributed by atoms with E-state index in [-0.39, 0.29) is 17.1 Å². The summed E-state index contributed by atoms with van der Waals surface area (Å²) in [5.74, 6) is -0.299. The van der Waals surface area contributed by atoms with Crippen molar-refractivity contribution in [3.8, 4) is 5.75 Å². The monoisotopic (exact) mass is 259 g/mol. The molecule has 0 unspecified atom stereocenters. The smallest absolute Gasteiger partial charge is 0.406 e. The highest BCUT2D eigenvalue weighted by molar-refractivity contribution is 7.78. The second kappa shape index (κ2) is 5.97. The quantitative estimate of drug-likeness (QED) is 0.669. The number of ether oxygens (including phenoxy) is 1. The first-order chi connectivity index (χ1) is 8.08. The number of halogens is 2. The Hall–Kier alpha value is -1.92. The average molecular weight is 259 g/mol. The number of nitrogens with one attached hydrogen (secondary N) is 1. The summed E-state index contributed by atoms with van der Waals surface area (Å²) in [6.45, 7) is 0. The van der Waals surface area contributed by atoms with Crippen molar-refractivity contribution >= 4 is 29.3 Å². The zero-order chi connectivity index (χ0) is 12.8. The summed E-state index contributed by atoms with van der Waals surface area (Å²) in [6.07, 6.45) is -2.62. The first kappa shape index (κ1) is 13.1. The Balaban J connectivity index is 3.15. The zero-order valence-corrected chi connectivity index (χ0v) is 9.42. The Morgan fingerprint density at radius 3 is 2.94 bits per heavy atom. The summed E-state index contributed by atoms with van der Waals surface area (Å²) in [4.78, 5) is 18.1. The van der Waals surface area contributed by atoms with Crippen molar-refractivity contribution in [2.75, 3.05) is 7.05 Å². The molecular formula is C9H7F2N3O2S. The molecule has 1 amide bonds. The van der Waals surface area contributed by atoms with Crippen molar-refractivity contribution in [2.45, 2.75) is 6.43 Å². The topological polar surface area (TPSA) is 63.6 Å². The third kappa shape index (κ3) is 3.54. The summed E-state index contributed by atoms with van der Waals surface area (Å²) in [5, 5.41) is 4.18. The van der Waals surface area contributed by atoms with Crippen LogP contribution in [0.15, 0.2) is 17.3 Å². The molecule has 0 spiro atoms. The fourth-order valence-corrected chi connectivity index (χ4v) is 1.01. The van der Waals surface area contributed by atoms with Crippen molar-refractivity contribution in [3.63, 3.8) is 0 Å². The van der Waals surface area contributed by atoms with E-state index in [2.05, 4.69) is 27.5 Å². The van der Waals surface area contributed by atoms with Crippen molar-refractivity contribution in [1.29, 1.82) is 0 Å².